The van der Waals surface area contributed by atoms with Gasteiger partial charge >= 0.3 is 0 Å². The number of hydrogen-bond donors (Lipinski definition) is 0. The highest BCUT2D eigenvalue weighted by Gasteiger charge is 2.26. The van der Waals surface area contributed by atoms with Gasteiger partial charge in [0.05, 0.1) is 0 Å². The maximum Gasteiger partial charge on any atom is 0.253 e. The molecule has 1 aromatic heterocycles. The smallest absolute Gasteiger partial charge is 0.253 e. The minimum atomic E-state index is 0.122. The van der Waals surface area contributed by atoms with Gasteiger partial charge in [0.1, 0.15) is 0 Å². The van der Waals surface area contributed by atoms with Crippen molar-refractivity contribution < 1.29 is 4.79 Å². The second kappa shape index (κ2) is 7.75. The van der Waals surface area contributed by atoms with E-state index in [2.05, 4.69) is 36.4 Å². The minimum absolute atomic E-state index is 0.122. The molecule has 3 nitrogen and oxygen atoms in total. The molecule has 136 valence electrons. The van der Waals surface area contributed by atoms with Crippen LogP contribution >= 0.6 is 0 Å². The Hall–Kier alpha value is -2.94. The lowest BCUT2D eigenvalue weighted by atomic mass is 9.92. The van der Waals surface area contributed by atoms with E-state index in [9.17, 15) is 4.79 Å². The van der Waals surface area contributed by atoms with E-state index in [1.54, 1.807) is 0 Å². The molecule has 27 heavy (non-hydrogen) atoms. The fourth-order valence-corrected chi connectivity index (χ4v) is 3.87. The van der Waals surface area contributed by atoms with Gasteiger partial charge in [-0.1, -0.05) is 48.5 Å². The Bertz CT molecular complexity index is 922. The van der Waals surface area contributed by atoms with E-state index in [-0.39, 0.29) is 11.8 Å². The fourth-order valence-electron chi connectivity index (χ4n) is 3.87. The number of likely N-dealkylation sites (tertiary alicyclic amines) is 1. The van der Waals surface area contributed by atoms with Crippen LogP contribution in [0, 0.1) is 6.92 Å². The summed E-state index contributed by atoms with van der Waals surface area (Å²) in [5.41, 5.74) is 5.29. The third-order valence-electron chi connectivity index (χ3n) is 5.23. The van der Waals surface area contributed by atoms with Crippen molar-refractivity contribution in [2.45, 2.75) is 25.7 Å². The fraction of sp³-hybridized carbons (Fsp3) is 0.250. The van der Waals surface area contributed by atoms with Crippen molar-refractivity contribution >= 4 is 5.91 Å². The molecular weight excluding hydrogens is 332 g/mol. The van der Waals surface area contributed by atoms with E-state index in [4.69, 9.17) is 4.98 Å². The summed E-state index contributed by atoms with van der Waals surface area (Å²) < 4.78 is 0. The zero-order valence-electron chi connectivity index (χ0n) is 15.6. The number of aryl methyl sites for hydroxylation is 1. The Morgan fingerprint density at radius 2 is 1.67 bits per heavy atom. The molecule has 1 fully saturated rings. The summed E-state index contributed by atoms with van der Waals surface area (Å²) in [4.78, 5) is 19.6. The summed E-state index contributed by atoms with van der Waals surface area (Å²) in [6, 6.07) is 24.3. The van der Waals surface area contributed by atoms with E-state index >= 15 is 0 Å². The lowest BCUT2D eigenvalue weighted by Gasteiger charge is -2.33. The third-order valence-corrected chi connectivity index (χ3v) is 5.23. The summed E-state index contributed by atoms with van der Waals surface area (Å²) >= 11 is 0. The van der Waals surface area contributed by atoms with Gasteiger partial charge in [-0.15, -0.1) is 0 Å². The third kappa shape index (κ3) is 3.92. The number of hydrogen-bond acceptors (Lipinski definition) is 2. The summed E-state index contributed by atoms with van der Waals surface area (Å²) in [6.45, 7) is 3.60. The van der Waals surface area contributed by atoms with E-state index in [1.165, 1.54) is 11.1 Å². The van der Waals surface area contributed by atoms with Crippen molar-refractivity contribution in [3.63, 3.8) is 0 Å². The first-order valence-corrected chi connectivity index (χ1v) is 9.59. The number of rotatable bonds is 3. The standard InChI is InChI=1S/C24H24N2O/c1-18-15-22(19-9-4-2-5-10-19)16-23(25-18)21-13-8-14-26(17-21)24(27)20-11-6-3-7-12-20/h2-7,9-12,15-16,21H,8,13-14,17H2,1H3. The van der Waals surface area contributed by atoms with Gasteiger partial charge in [-0.25, -0.2) is 0 Å². The summed E-state index contributed by atoms with van der Waals surface area (Å²) in [7, 11) is 0. The van der Waals surface area contributed by atoms with Crippen LogP contribution in [0.15, 0.2) is 72.8 Å². The first-order valence-electron chi connectivity index (χ1n) is 9.59. The first kappa shape index (κ1) is 17.5. The highest BCUT2D eigenvalue weighted by molar-refractivity contribution is 5.94. The largest absolute Gasteiger partial charge is 0.338 e. The molecule has 0 spiro atoms. The summed E-state index contributed by atoms with van der Waals surface area (Å²) in [5.74, 6) is 0.407. The number of nitrogens with zero attached hydrogens (tertiary/aromatic N) is 2. The maximum absolute atomic E-state index is 12.8. The molecule has 0 saturated carbocycles. The normalized spacial score (nSPS) is 16.9. The monoisotopic (exact) mass is 356 g/mol. The van der Waals surface area contributed by atoms with Gasteiger partial charge in [0.25, 0.3) is 5.91 Å². The number of carbonyl (C=O) groups excluding carboxylic acids is 1. The van der Waals surface area contributed by atoms with Gasteiger partial charge in [0.2, 0.25) is 0 Å². The molecule has 0 bridgehead atoms. The predicted octanol–water partition coefficient (Wildman–Crippen LogP) is 5.08. The number of benzene rings is 2. The maximum atomic E-state index is 12.8. The molecular formula is C24H24N2O. The zero-order chi connectivity index (χ0) is 18.6. The quantitative estimate of drug-likeness (QED) is 0.656. The SMILES string of the molecule is Cc1cc(-c2ccccc2)cc(C2CCCN(C(=O)c3ccccc3)C2)n1. The topological polar surface area (TPSA) is 33.2 Å². The molecule has 0 N–H and O–H groups in total. The number of carbonyl (C=O) groups is 1. The number of piperidine rings is 1. The Kier molecular flexibility index (Phi) is 5.01. The molecule has 1 atom stereocenters. The number of pyridine rings is 1. The molecule has 0 aliphatic carbocycles. The van der Waals surface area contributed by atoms with Gasteiger partial charge in [-0.05, 0) is 55.2 Å². The Labute approximate surface area is 160 Å². The second-order valence-electron chi connectivity index (χ2n) is 7.24. The highest BCUT2D eigenvalue weighted by Crippen LogP contribution is 2.30. The molecule has 1 unspecified atom stereocenters. The van der Waals surface area contributed by atoms with Crippen LogP contribution in [0.5, 0.6) is 0 Å². The van der Waals surface area contributed by atoms with Gasteiger partial charge in [0.15, 0.2) is 0 Å². The van der Waals surface area contributed by atoms with Crippen molar-refractivity contribution in [1.82, 2.24) is 9.88 Å². The van der Waals surface area contributed by atoms with E-state index < -0.39 is 0 Å². The average Bonchev–Trinajstić information content (AvgIpc) is 2.74. The van der Waals surface area contributed by atoms with Crippen LogP contribution in [0.2, 0.25) is 0 Å². The van der Waals surface area contributed by atoms with Crippen LogP contribution in [-0.4, -0.2) is 28.9 Å². The van der Waals surface area contributed by atoms with Crippen LogP contribution in [0.1, 0.15) is 40.5 Å². The Balaban J connectivity index is 1.58. The zero-order valence-corrected chi connectivity index (χ0v) is 15.6. The first-order chi connectivity index (χ1) is 13.2. The molecule has 1 aliphatic heterocycles. The number of aromatic nitrogens is 1. The Morgan fingerprint density at radius 3 is 2.41 bits per heavy atom. The number of amides is 1. The predicted molar refractivity (Wildman–Crippen MR) is 109 cm³/mol. The van der Waals surface area contributed by atoms with Gasteiger partial charge in [0, 0.05) is 36.0 Å². The average molecular weight is 356 g/mol. The second-order valence-corrected chi connectivity index (χ2v) is 7.24. The van der Waals surface area contributed by atoms with Gasteiger partial charge < -0.3 is 4.90 Å². The van der Waals surface area contributed by atoms with Crippen molar-refractivity contribution in [2.24, 2.45) is 0 Å². The summed E-state index contributed by atoms with van der Waals surface area (Å²) in [6.07, 6.45) is 2.09. The van der Waals surface area contributed by atoms with Gasteiger partial charge in [-0.3, -0.25) is 9.78 Å². The van der Waals surface area contributed by atoms with Crippen LogP contribution in [-0.2, 0) is 0 Å². The van der Waals surface area contributed by atoms with Crippen LogP contribution < -0.4 is 0 Å². The van der Waals surface area contributed by atoms with Crippen molar-refractivity contribution in [3.8, 4) is 11.1 Å². The molecule has 1 amide bonds. The van der Waals surface area contributed by atoms with Crippen LogP contribution in [0.3, 0.4) is 0 Å². The van der Waals surface area contributed by atoms with Crippen molar-refractivity contribution in [1.29, 1.82) is 0 Å². The van der Waals surface area contributed by atoms with Crippen molar-refractivity contribution in [3.05, 3.63) is 89.7 Å². The minimum Gasteiger partial charge on any atom is -0.338 e. The van der Waals surface area contributed by atoms with E-state index in [0.29, 0.717) is 0 Å². The lowest BCUT2D eigenvalue weighted by molar-refractivity contribution is 0.0706. The van der Waals surface area contributed by atoms with Crippen LogP contribution in [0.4, 0.5) is 0 Å². The summed E-state index contributed by atoms with van der Waals surface area (Å²) in [5, 5.41) is 0. The van der Waals surface area contributed by atoms with Gasteiger partial charge in [-0.2, -0.15) is 0 Å². The van der Waals surface area contributed by atoms with Crippen molar-refractivity contribution in [2.75, 3.05) is 13.1 Å². The molecule has 2 aromatic carbocycles. The highest BCUT2D eigenvalue weighted by atomic mass is 16.2. The van der Waals surface area contributed by atoms with E-state index in [1.807, 2.05) is 48.2 Å². The molecule has 1 aliphatic rings. The molecule has 2 heterocycles. The Morgan fingerprint density at radius 1 is 0.963 bits per heavy atom. The molecule has 4 rings (SSSR count). The molecule has 1 saturated heterocycles. The van der Waals surface area contributed by atoms with Crippen LogP contribution in [0.25, 0.3) is 11.1 Å². The molecule has 3 aromatic rings. The molecule has 3 heteroatoms. The lowest BCUT2D eigenvalue weighted by Crippen LogP contribution is -2.39. The molecule has 0 radical (unpaired) electrons. The van der Waals surface area contributed by atoms with E-state index in [0.717, 1.165) is 42.9 Å².